The van der Waals surface area contributed by atoms with Crippen LogP contribution >= 0.6 is 0 Å². The summed E-state index contributed by atoms with van der Waals surface area (Å²) in [6, 6.07) is 2.22. The van der Waals surface area contributed by atoms with Gasteiger partial charge in [0.2, 0.25) is 0 Å². The van der Waals surface area contributed by atoms with Crippen LogP contribution in [0, 0.1) is 0 Å². The lowest BCUT2D eigenvalue weighted by atomic mass is 9.98. The van der Waals surface area contributed by atoms with Crippen molar-refractivity contribution in [3.63, 3.8) is 0 Å². The summed E-state index contributed by atoms with van der Waals surface area (Å²) in [6.07, 6.45) is 7.20. The van der Waals surface area contributed by atoms with Crippen molar-refractivity contribution in [3.05, 3.63) is 23.5 Å². The Balaban J connectivity index is 2.11. The van der Waals surface area contributed by atoms with Gasteiger partial charge in [-0.1, -0.05) is 6.42 Å². The fourth-order valence-corrected chi connectivity index (χ4v) is 3.35. The molecule has 1 aliphatic heterocycles. The first-order valence-corrected chi connectivity index (χ1v) is 6.83. The van der Waals surface area contributed by atoms with Crippen LogP contribution in [-0.2, 0) is 6.42 Å². The SMILES string of the molecule is CC(C)(C)N1C[C@@H]2CCCCc3nccc1c32. The molecule has 0 unspecified atom stereocenters. The second-order valence-electron chi connectivity index (χ2n) is 6.41. The summed E-state index contributed by atoms with van der Waals surface area (Å²) >= 11 is 0. The summed E-state index contributed by atoms with van der Waals surface area (Å²) in [7, 11) is 0. The molecule has 2 nitrogen and oxygen atoms in total. The average Bonchev–Trinajstić information content (AvgIpc) is 2.51. The highest BCUT2D eigenvalue weighted by atomic mass is 15.2. The summed E-state index contributed by atoms with van der Waals surface area (Å²) in [5, 5.41) is 0. The Kier molecular flexibility index (Phi) is 2.42. The summed E-state index contributed by atoms with van der Waals surface area (Å²) < 4.78 is 0. The van der Waals surface area contributed by atoms with Gasteiger partial charge in [0, 0.05) is 41.1 Å². The fourth-order valence-electron chi connectivity index (χ4n) is 3.35. The minimum Gasteiger partial charge on any atom is -0.366 e. The highest BCUT2D eigenvalue weighted by molar-refractivity contribution is 5.63. The predicted octanol–water partition coefficient (Wildman–Crippen LogP) is 3.51. The van der Waals surface area contributed by atoms with Crippen molar-refractivity contribution in [2.45, 2.75) is 57.9 Å². The van der Waals surface area contributed by atoms with Gasteiger partial charge in [0.05, 0.1) is 0 Å². The van der Waals surface area contributed by atoms with Gasteiger partial charge in [-0.25, -0.2) is 0 Å². The highest BCUT2D eigenvalue weighted by Crippen LogP contribution is 2.45. The van der Waals surface area contributed by atoms with E-state index in [9.17, 15) is 0 Å². The van der Waals surface area contributed by atoms with Crippen molar-refractivity contribution in [1.29, 1.82) is 0 Å². The second-order valence-corrected chi connectivity index (χ2v) is 6.41. The van der Waals surface area contributed by atoms with Gasteiger partial charge in [0.15, 0.2) is 0 Å². The molecule has 1 aromatic heterocycles. The van der Waals surface area contributed by atoms with Gasteiger partial charge in [-0.3, -0.25) is 4.98 Å². The van der Waals surface area contributed by atoms with Gasteiger partial charge in [0.1, 0.15) is 0 Å². The van der Waals surface area contributed by atoms with Gasteiger partial charge in [0.25, 0.3) is 0 Å². The van der Waals surface area contributed by atoms with E-state index < -0.39 is 0 Å². The third-order valence-electron chi connectivity index (χ3n) is 4.18. The van der Waals surface area contributed by atoms with Gasteiger partial charge in [-0.05, 0) is 46.1 Å². The van der Waals surface area contributed by atoms with Crippen LogP contribution in [0.3, 0.4) is 0 Å². The van der Waals surface area contributed by atoms with Crippen LogP contribution in [0.25, 0.3) is 0 Å². The van der Waals surface area contributed by atoms with Gasteiger partial charge in [-0.2, -0.15) is 0 Å². The summed E-state index contributed by atoms with van der Waals surface area (Å²) in [4.78, 5) is 7.19. The first kappa shape index (κ1) is 11.1. The molecule has 2 aliphatic rings. The number of aromatic nitrogens is 1. The summed E-state index contributed by atoms with van der Waals surface area (Å²) in [5.74, 6) is 0.732. The predicted molar refractivity (Wildman–Crippen MR) is 71.6 cm³/mol. The molecule has 17 heavy (non-hydrogen) atoms. The lowest BCUT2D eigenvalue weighted by molar-refractivity contribution is 0.489. The van der Waals surface area contributed by atoms with Crippen molar-refractivity contribution >= 4 is 5.69 Å². The van der Waals surface area contributed by atoms with Crippen molar-refractivity contribution in [2.24, 2.45) is 0 Å². The van der Waals surface area contributed by atoms with Crippen molar-refractivity contribution in [3.8, 4) is 0 Å². The number of nitrogens with zero attached hydrogens (tertiary/aromatic N) is 2. The monoisotopic (exact) mass is 230 g/mol. The lowest BCUT2D eigenvalue weighted by Gasteiger charge is -2.35. The second kappa shape index (κ2) is 3.72. The molecule has 1 atom stereocenters. The van der Waals surface area contributed by atoms with Crippen LogP contribution in [0.1, 0.15) is 57.2 Å². The molecule has 2 heteroatoms. The zero-order valence-electron chi connectivity index (χ0n) is 11.2. The topological polar surface area (TPSA) is 16.1 Å². The first-order valence-electron chi connectivity index (χ1n) is 6.83. The van der Waals surface area contributed by atoms with E-state index in [1.54, 1.807) is 5.56 Å². The number of aryl methyl sites for hydroxylation is 1. The number of hydrogen-bond acceptors (Lipinski definition) is 2. The molecule has 1 aliphatic carbocycles. The zero-order chi connectivity index (χ0) is 12.0. The summed E-state index contributed by atoms with van der Waals surface area (Å²) in [6.45, 7) is 8.12. The van der Waals surface area contributed by atoms with E-state index in [4.69, 9.17) is 0 Å². The zero-order valence-corrected chi connectivity index (χ0v) is 11.2. The van der Waals surface area contributed by atoms with E-state index >= 15 is 0 Å². The number of hydrogen-bond donors (Lipinski definition) is 0. The van der Waals surface area contributed by atoms with Gasteiger partial charge >= 0.3 is 0 Å². The molecule has 0 spiro atoms. The van der Waals surface area contributed by atoms with E-state index in [-0.39, 0.29) is 5.54 Å². The van der Waals surface area contributed by atoms with Crippen LogP contribution in [0.2, 0.25) is 0 Å². The quantitative estimate of drug-likeness (QED) is 0.678. The summed E-state index contributed by atoms with van der Waals surface area (Å²) in [5.41, 5.74) is 4.62. The minimum atomic E-state index is 0.224. The third kappa shape index (κ3) is 1.74. The van der Waals surface area contributed by atoms with E-state index in [0.717, 1.165) is 5.92 Å². The molecule has 1 aromatic rings. The molecule has 0 fully saturated rings. The molecule has 0 aromatic carbocycles. The van der Waals surface area contributed by atoms with Gasteiger partial charge < -0.3 is 4.90 Å². The molecular formula is C15H22N2. The van der Waals surface area contributed by atoms with Crippen LogP contribution < -0.4 is 4.90 Å². The number of pyridine rings is 1. The Morgan fingerprint density at radius 2 is 2.12 bits per heavy atom. The maximum atomic E-state index is 4.62. The minimum absolute atomic E-state index is 0.224. The molecule has 0 N–H and O–H groups in total. The maximum absolute atomic E-state index is 4.62. The number of anilines is 1. The Labute approximate surface area is 104 Å². The van der Waals surface area contributed by atoms with Crippen LogP contribution in [0.5, 0.6) is 0 Å². The molecule has 0 bridgehead atoms. The fraction of sp³-hybridized carbons (Fsp3) is 0.667. The van der Waals surface area contributed by atoms with E-state index in [1.165, 1.54) is 43.6 Å². The van der Waals surface area contributed by atoms with E-state index in [1.807, 2.05) is 6.20 Å². The lowest BCUT2D eigenvalue weighted by Crippen LogP contribution is -2.40. The van der Waals surface area contributed by atoms with E-state index in [2.05, 4.69) is 36.7 Å². The van der Waals surface area contributed by atoms with Crippen molar-refractivity contribution < 1.29 is 0 Å². The Hall–Kier alpha value is -1.05. The molecule has 3 rings (SSSR count). The van der Waals surface area contributed by atoms with Crippen LogP contribution in [0.15, 0.2) is 12.3 Å². The molecule has 92 valence electrons. The van der Waals surface area contributed by atoms with Crippen LogP contribution in [0.4, 0.5) is 5.69 Å². The molecule has 0 saturated carbocycles. The first-order chi connectivity index (χ1) is 8.07. The highest BCUT2D eigenvalue weighted by Gasteiger charge is 2.36. The Morgan fingerprint density at radius 3 is 2.88 bits per heavy atom. The molecule has 2 heterocycles. The van der Waals surface area contributed by atoms with Crippen LogP contribution in [-0.4, -0.2) is 17.1 Å². The molecule has 0 radical (unpaired) electrons. The van der Waals surface area contributed by atoms with Crippen molar-refractivity contribution in [1.82, 2.24) is 4.98 Å². The number of rotatable bonds is 0. The standard InChI is InChI=1S/C15H22N2/c1-15(2,3)17-10-11-6-4-5-7-12-14(11)13(17)8-9-16-12/h8-9,11H,4-7,10H2,1-3H3/t11-/m0/s1. The smallest absolute Gasteiger partial charge is 0.0459 e. The third-order valence-corrected chi connectivity index (χ3v) is 4.18. The maximum Gasteiger partial charge on any atom is 0.0459 e. The average molecular weight is 230 g/mol. The normalized spacial score (nSPS) is 23.5. The Bertz CT molecular complexity index is 431. The van der Waals surface area contributed by atoms with E-state index in [0.29, 0.717) is 0 Å². The largest absolute Gasteiger partial charge is 0.366 e. The van der Waals surface area contributed by atoms with Crippen molar-refractivity contribution in [2.75, 3.05) is 11.4 Å². The molecule has 0 amide bonds. The Morgan fingerprint density at radius 1 is 1.29 bits per heavy atom. The van der Waals surface area contributed by atoms with Gasteiger partial charge in [-0.15, -0.1) is 0 Å². The molecular weight excluding hydrogens is 208 g/mol. The molecule has 0 saturated heterocycles.